The molecule has 0 saturated heterocycles. The Balaban J connectivity index is 1.69. The molecule has 2 aromatic carbocycles. The number of nitro groups is 1. The van der Waals surface area contributed by atoms with Crippen LogP contribution in [0, 0.1) is 10.1 Å². The first kappa shape index (κ1) is 19.2. The van der Waals surface area contributed by atoms with Crippen LogP contribution in [-0.2, 0) is 13.1 Å². The molecule has 6 heteroatoms. The van der Waals surface area contributed by atoms with Crippen LogP contribution in [0.1, 0.15) is 36.2 Å². The lowest BCUT2D eigenvalue weighted by Gasteiger charge is -2.30. The largest absolute Gasteiger partial charge is 0.494 e. The molecule has 1 atom stereocenters. The fourth-order valence-corrected chi connectivity index (χ4v) is 4.11. The summed E-state index contributed by atoms with van der Waals surface area (Å²) in [5.41, 5.74) is 3.53. The predicted octanol–water partition coefficient (Wildman–Crippen LogP) is 4.79. The molecular formula is C23H25N3O3. The van der Waals surface area contributed by atoms with Crippen LogP contribution in [-0.4, -0.2) is 27.5 Å². The molecule has 150 valence electrons. The van der Waals surface area contributed by atoms with E-state index in [1.54, 1.807) is 18.2 Å². The molecule has 0 radical (unpaired) electrons. The van der Waals surface area contributed by atoms with Crippen molar-refractivity contribution in [3.8, 4) is 5.75 Å². The van der Waals surface area contributed by atoms with Crippen LogP contribution in [0.25, 0.3) is 0 Å². The Morgan fingerprint density at radius 3 is 2.69 bits per heavy atom. The summed E-state index contributed by atoms with van der Waals surface area (Å²) in [6.45, 7) is 5.17. The number of ether oxygens (including phenoxy) is 1. The molecule has 6 nitrogen and oxygen atoms in total. The van der Waals surface area contributed by atoms with Crippen molar-refractivity contribution in [3.05, 3.63) is 93.8 Å². The average Bonchev–Trinajstić information content (AvgIpc) is 3.11. The second-order valence-corrected chi connectivity index (χ2v) is 7.28. The normalized spacial score (nSPS) is 16.8. The van der Waals surface area contributed by atoms with Gasteiger partial charge in [0.2, 0.25) is 0 Å². The van der Waals surface area contributed by atoms with E-state index in [0.717, 1.165) is 30.8 Å². The first-order chi connectivity index (χ1) is 14.2. The van der Waals surface area contributed by atoms with Crippen molar-refractivity contribution in [3.63, 3.8) is 0 Å². The van der Waals surface area contributed by atoms with Gasteiger partial charge in [0.25, 0.3) is 5.69 Å². The summed E-state index contributed by atoms with van der Waals surface area (Å²) in [5.74, 6) is 0.866. The van der Waals surface area contributed by atoms with E-state index in [1.165, 1.54) is 11.3 Å². The van der Waals surface area contributed by atoms with Crippen LogP contribution in [0.3, 0.4) is 0 Å². The minimum atomic E-state index is -0.332. The Kier molecular flexibility index (Phi) is 5.62. The SMILES string of the molecule is CCOc1ccc(C2c3cccn3CCCN2Cc2cccc([N+](=O)[O-])c2)cc1. The topological polar surface area (TPSA) is 60.5 Å². The van der Waals surface area contributed by atoms with E-state index >= 15 is 0 Å². The van der Waals surface area contributed by atoms with Gasteiger partial charge in [0, 0.05) is 43.7 Å². The van der Waals surface area contributed by atoms with E-state index in [2.05, 4.69) is 39.9 Å². The van der Waals surface area contributed by atoms with Gasteiger partial charge in [0.15, 0.2) is 0 Å². The highest BCUT2D eigenvalue weighted by Crippen LogP contribution is 2.34. The van der Waals surface area contributed by atoms with Gasteiger partial charge in [-0.05, 0) is 48.7 Å². The van der Waals surface area contributed by atoms with Crippen LogP contribution in [0.2, 0.25) is 0 Å². The summed E-state index contributed by atoms with van der Waals surface area (Å²) in [6, 6.07) is 19.6. The lowest BCUT2D eigenvalue weighted by Crippen LogP contribution is -2.29. The van der Waals surface area contributed by atoms with Crippen LogP contribution in [0.15, 0.2) is 66.9 Å². The standard InChI is InChI=1S/C23H25N3O3/c1-2-29-21-11-9-19(10-12-21)23-22-8-4-13-24(22)14-5-15-25(23)17-18-6-3-7-20(16-18)26(27)28/h3-4,6-13,16,23H,2,5,14-15,17H2,1H3. The number of hydrogen-bond donors (Lipinski definition) is 0. The number of aromatic nitrogens is 1. The van der Waals surface area contributed by atoms with Crippen molar-refractivity contribution in [2.24, 2.45) is 0 Å². The minimum absolute atomic E-state index is 0.0856. The molecule has 0 spiro atoms. The number of benzene rings is 2. The van der Waals surface area contributed by atoms with E-state index < -0.39 is 0 Å². The third-order valence-electron chi connectivity index (χ3n) is 5.37. The molecule has 3 aromatic rings. The Morgan fingerprint density at radius 1 is 1.10 bits per heavy atom. The molecule has 4 rings (SSSR count). The summed E-state index contributed by atoms with van der Waals surface area (Å²) in [6.07, 6.45) is 3.16. The molecule has 2 heterocycles. The molecule has 1 aromatic heterocycles. The Bertz CT molecular complexity index is 981. The zero-order valence-electron chi connectivity index (χ0n) is 16.5. The number of nitrogens with zero attached hydrogens (tertiary/aromatic N) is 3. The number of fused-ring (bicyclic) bond motifs is 1. The summed E-state index contributed by atoms with van der Waals surface area (Å²) in [7, 11) is 0. The predicted molar refractivity (Wildman–Crippen MR) is 112 cm³/mol. The number of hydrogen-bond acceptors (Lipinski definition) is 4. The van der Waals surface area contributed by atoms with Gasteiger partial charge in [-0.25, -0.2) is 0 Å². The zero-order chi connectivity index (χ0) is 20.2. The van der Waals surface area contributed by atoms with E-state index in [4.69, 9.17) is 4.74 Å². The fraction of sp³-hybridized carbons (Fsp3) is 0.304. The van der Waals surface area contributed by atoms with Crippen LogP contribution in [0.4, 0.5) is 5.69 Å². The molecule has 0 aliphatic carbocycles. The molecule has 1 unspecified atom stereocenters. The first-order valence-electron chi connectivity index (χ1n) is 10.0. The Hall–Kier alpha value is -3.12. The molecule has 0 saturated carbocycles. The van der Waals surface area contributed by atoms with Crippen LogP contribution >= 0.6 is 0 Å². The molecule has 0 amide bonds. The van der Waals surface area contributed by atoms with E-state index in [0.29, 0.717) is 13.2 Å². The van der Waals surface area contributed by atoms with Crippen LogP contribution < -0.4 is 4.74 Å². The van der Waals surface area contributed by atoms with E-state index in [9.17, 15) is 10.1 Å². The zero-order valence-corrected chi connectivity index (χ0v) is 16.5. The monoisotopic (exact) mass is 391 g/mol. The third-order valence-corrected chi connectivity index (χ3v) is 5.37. The number of aryl methyl sites for hydroxylation is 1. The summed E-state index contributed by atoms with van der Waals surface area (Å²) >= 11 is 0. The van der Waals surface area contributed by atoms with E-state index in [1.807, 2.05) is 25.1 Å². The van der Waals surface area contributed by atoms with Gasteiger partial charge in [-0.2, -0.15) is 0 Å². The maximum atomic E-state index is 11.2. The highest BCUT2D eigenvalue weighted by atomic mass is 16.6. The summed E-state index contributed by atoms with van der Waals surface area (Å²) in [4.78, 5) is 13.3. The third kappa shape index (κ3) is 4.17. The molecule has 0 fully saturated rings. The Labute approximate surface area is 170 Å². The second kappa shape index (κ2) is 8.49. The second-order valence-electron chi connectivity index (χ2n) is 7.28. The molecular weight excluding hydrogens is 366 g/mol. The highest BCUT2D eigenvalue weighted by molar-refractivity contribution is 5.36. The maximum Gasteiger partial charge on any atom is 0.269 e. The summed E-state index contributed by atoms with van der Waals surface area (Å²) in [5, 5.41) is 11.2. The molecule has 1 aliphatic rings. The van der Waals surface area contributed by atoms with Crippen molar-refractivity contribution in [2.45, 2.75) is 32.5 Å². The smallest absolute Gasteiger partial charge is 0.269 e. The van der Waals surface area contributed by atoms with Gasteiger partial charge in [-0.1, -0.05) is 24.3 Å². The van der Waals surface area contributed by atoms with Crippen molar-refractivity contribution in [1.82, 2.24) is 9.47 Å². The van der Waals surface area contributed by atoms with Gasteiger partial charge in [-0.15, -0.1) is 0 Å². The number of non-ortho nitro benzene ring substituents is 1. The minimum Gasteiger partial charge on any atom is -0.494 e. The van der Waals surface area contributed by atoms with Crippen molar-refractivity contribution in [1.29, 1.82) is 0 Å². The molecule has 29 heavy (non-hydrogen) atoms. The van der Waals surface area contributed by atoms with Gasteiger partial charge in [-0.3, -0.25) is 15.0 Å². The average molecular weight is 391 g/mol. The van der Waals surface area contributed by atoms with Gasteiger partial charge >= 0.3 is 0 Å². The lowest BCUT2D eigenvalue weighted by atomic mass is 10.0. The van der Waals surface area contributed by atoms with Crippen LogP contribution in [0.5, 0.6) is 5.75 Å². The maximum absolute atomic E-state index is 11.2. The van der Waals surface area contributed by atoms with Crippen molar-refractivity contribution >= 4 is 5.69 Å². The summed E-state index contributed by atoms with van der Waals surface area (Å²) < 4.78 is 7.92. The molecule has 0 bridgehead atoms. The lowest BCUT2D eigenvalue weighted by molar-refractivity contribution is -0.384. The van der Waals surface area contributed by atoms with Gasteiger partial charge < -0.3 is 9.30 Å². The van der Waals surface area contributed by atoms with Gasteiger partial charge in [0.1, 0.15) is 5.75 Å². The van der Waals surface area contributed by atoms with Crippen molar-refractivity contribution in [2.75, 3.05) is 13.2 Å². The first-order valence-corrected chi connectivity index (χ1v) is 10.0. The number of rotatable bonds is 6. The fourth-order valence-electron chi connectivity index (χ4n) is 4.11. The Morgan fingerprint density at radius 2 is 1.93 bits per heavy atom. The van der Waals surface area contributed by atoms with E-state index in [-0.39, 0.29) is 16.7 Å². The quantitative estimate of drug-likeness (QED) is 0.448. The van der Waals surface area contributed by atoms with Gasteiger partial charge in [0.05, 0.1) is 17.6 Å². The molecule has 0 N–H and O–H groups in total. The number of nitro benzene ring substituents is 1. The molecule has 1 aliphatic heterocycles. The van der Waals surface area contributed by atoms with Crippen molar-refractivity contribution < 1.29 is 9.66 Å². The highest BCUT2D eigenvalue weighted by Gasteiger charge is 2.27.